The van der Waals surface area contributed by atoms with Gasteiger partial charge in [-0.15, -0.1) is 12.4 Å². The third-order valence-corrected chi connectivity index (χ3v) is 2.59. The molecule has 0 aromatic heterocycles. The first-order chi connectivity index (χ1) is 7.31. The first-order valence-corrected chi connectivity index (χ1v) is 5.46. The smallest absolute Gasteiger partial charge is 0.161 e. The third kappa shape index (κ3) is 2.80. The van der Waals surface area contributed by atoms with Gasteiger partial charge in [-0.3, -0.25) is 0 Å². The maximum absolute atomic E-state index is 6.04. The zero-order valence-corrected chi connectivity index (χ0v) is 10.3. The molecule has 0 bridgehead atoms. The second-order valence-electron chi connectivity index (χ2n) is 3.80. The van der Waals surface area contributed by atoms with E-state index in [1.54, 1.807) is 0 Å². The lowest BCUT2D eigenvalue weighted by Gasteiger charge is -2.20. The maximum Gasteiger partial charge on any atom is 0.161 e. The van der Waals surface area contributed by atoms with E-state index >= 15 is 0 Å². The van der Waals surface area contributed by atoms with Crippen molar-refractivity contribution in [3.05, 3.63) is 23.8 Å². The molecule has 1 aromatic rings. The van der Waals surface area contributed by atoms with Crippen molar-refractivity contribution in [2.24, 2.45) is 5.73 Å². The van der Waals surface area contributed by atoms with E-state index in [4.69, 9.17) is 15.2 Å². The highest BCUT2D eigenvalue weighted by Gasteiger charge is 2.13. The lowest BCUT2D eigenvalue weighted by Crippen LogP contribution is -2.16. The van der Waals surface area contributed by atoms with Crippen LogP contribution in [0, 0.1) is 0 Å². The van der Waals surface area contributed by atoms with Crippen LogP contribution in [-0.2, 0) is 0 Å². The molecule has 1 aromatic carbocycles. The van der Waals surface area contributed by atoms with Gasteiger partial charge < -0.3 is 15.2 Å². The van der Waals surface area contributed by atoms with Crippen molar-refractivity contribution < 1.29 is 9.47 Å². The second kappa shape index (κ2) is 5.97. The Hall–Kier alpha value is -0.930. The maximum atomic E-state index is 6.04. The largest absolute Gasteiger partial charge is 0.486 e. The van der Waals surface area contributed by atoms with Gasteiger partial charge in [0.2, 0.25) is 0 Å². The van der Waals surface area contributed by atoms with Gasteiger partial charge in [-0.2, -0.15) is 0 Å². The van der Waals surface area contributed by atoms with Crippen molar-refractivity contribution in [2.75, 3.05) is 13.2 Å². The molecule has 0 saturated carbocycles. The molecule has 0 aliphatic carbocycles. The van der Waals surface area contributed by atoms with E-state index in [9.17, 15) is 0 Å². The molecule has 4 heteroatoms. The van der Waals surface area contributed by atoms with E-state index < -0.39 is 0 Å². The highest BCUT2D eigenvalue weighted by Crippen LogP contribution is 2.32. The van der Waals surface area contributed by atoms with Gasteiger partial charge in [-0.05, 0) is 24.1 Å². The van der Waals surface area contributed by atoms with Crippen molar-refractivity contribution in [1.29, 1.82) is 0 Å². The minimum absolute atomic E-state index is 0. The molecule has 0 amide bonds. The molecule has 2 N–H and O–H groups in total. The first-order valence-electron chi connectivity index (χ1n) is 5.46. The molecule has 3 nitrogen and oxygen atoms in total. The summed E-state index contributed by atoms with van der Waals surface area (Å²) in [6.45, 7) is 3.39. The van der Waals surface area contributed by atoms with Crippen LogP contribution in [-0.4, -0.2) is 13.2 Å². The van der Waals surface area contributed by atoms with Gasteiger partial charge in [-0.25, -0.2) is 0 Å². The summed E-state index contributed by atoms with van der Waals surface area (Å²) >= 11 is 0. The molecule has 0 radical (unpaired) electrons. The van der Waals surface area contributed by atoms with Crippen molar-refractivity contribution in [1.82, 2.24) is 0 Å². The van der Waals surface area contributed by atoms with Crippen molar-refractivity contribution >= 4 is 12.4 Å². The second-order valence-corrected chi connectivity index (χ2v) is 3.80. The Morgan fingerprint density at radius 3 is 2.62 bits per heavy atom. The van der Waals surface area contributed by atoms with Crippen LogP contribution in [0.2, 0.25) is 0 Å². The quantitative estimate of drug-likeness (QED) is 0.888. The van der Waals surface area contributed by atoms with Gasteiger partial charge in [0.1, 0.15) is 13.2 Å². The molecule has 1 aliphatic rings. The summed E-state index contributed by atoms with van der Waals surface area (Å²) in [5.74, 6) is 1.65. The van der Waals surface area contributed by atoms with Crippen LogP contribution in [0.3, 0.4) is 0 Å². The van der Waals surface area contributed by atoms with Crippen molar-refractivity contribution in [2.45, 2.75) is 25.8 Å². The van der Waals surface area contributed by atoms with E-state index in [-0.39, 0.29) is 18.4 Å². The molecular formula is C12H18ClNO2. The summed E-state index contributed by atoms with van der Waals surface area (Å²) in [6, 6.07) is 6.06. The molecule has 0 fully saturated rings. The first kappa shape index (κ1) is 13.1. The monoisotopic (exact) mass is 243 g/mol. The Labute approximate surface area is 102 Å². The van der Waals surface area contributed by atoms with Gasteiger partial charge in [0.15, 0.2) is 11.5 Å². The molecule has 0 saturated heterocycles. The summed E-state index contributed by atoms with van der Waals surface area (Å²) in [5, 5.41) is 0. The number of benzene rings is 1. The topological polar surface area (TPSA) is 44.5 Å². The SMILES string of the molecule is CCC[C@H](N)c1ccc2c(c1)OCCO2.Cl. The minimum Gasteiger partial charge on any atom is -0.486 e. The molecule has 16 heavy (non-hydrogen) atoms. The Balaban J connectivity index is 0.00000128. The number of ether oxygens (including phenoxy) is 2. The summed E-state index contributed by atoms with van der Waals surface area (Å²) in [7, 11) is 0. The summed E-state index contributed by atoms with van der Waals surface area (Å²) in [4.78, 5) is 0. The highest BCUT2D eigenvalue weighted by atomic mass is 35.5. The zero-order valence-electron chi connectivity index (χ0n) is 9.44. The number of hydrogen-bond acceptors (Lipinski definition) is 3. The molecule has 0 spiro atoms. The number of fused-ring (bicyclic) bond motifs is 1. The predicted molar refractivity (Wildman–Crippen MR) is 66.5 cm³/mol. The fraction of sp³-hybridized carbons (Fsp3) is 0.500. The van der Waals surface area contributed by atoms with Crippen LogP contribution in [0.4, 0.5) is 0 Å². The van der Waals surface area contributed by atoms with Crippen molar-refractivity contribution in [3.8, 4) is 11.5 Å². The summed E-state index contributed by atoms with van der Waals surface area (Å²) < 4.78 is 11.0. The van der Waals surface area contributed by atoms with E-state index in [1.807, 2.05) is 18.2 Å². The number of nitrogens with two attached hydrogens (primary N) is 1. The minimum atomic E-state index is 0. The average Bonchev–Trinajstić information content (AvgIpc) is 2.29. The molecule has 1 atom stereocenters. The van der Waals surface area contributed by atoms with E-state index in [2.05, 4.69) is 6.92 Å². The Bertz CT molecular complexity index is 344. The average molecular weight is 244 g/mol. The fourth-order valence-electron chi connectivity index (χ4n) is 1.77. The number of hydrogen-bond donors (Lipinski definition) is 1. The fourth-order valence-corrected chi connectivity index (χ4v) is 1.77. The van der Waals surface area contributed by atoms with E-state index in [0.29, 0.717) is 13.2 Å². The van der Waals surface area contributed by atoms with E-state index in [1.165, 1.54) is 0 Å². The van der Waals surface area contributed by atoms with Crippen LogP contribution >= 0.6 is 12.4 Å². The normalized spacial score (nSPS) is 15.1. The van der Waals surface area contributed by atoms with Crippen molar-refractivity contribution in [3.63, 3.8) is 0 Å². The number of halogens is 1. The lowest BCUT2D eigenvalue weighted by molar-refractivity contribution is 0.171. The van der Waals surface area contributed by atoms with E-state index in [0.717, 1.165) is 29.9 Å². The van der Waals surface area contributed by atoms with Gasteiger partial charge in [0.05, 0.1) is 0 Å². The number of rotatable bonds is 3. The molecule has 2 rings (SSSR count). The highest BCUT2D eigenvalue weighted by molar-refractivity contribution is 5.85. The Morgan fingerprint density at radius 2 is 1.94 bits per heavy atom. The standard InChI is InChI=1S/C12H17NO2.ClH/c1-2-3-10(13)9-4-5-11-12(8-9)15-7-6-14-11;/h4-5,8,10H,2-3,6-7,13H2,1H3;1H/t10-;/m0./s1. The molecule has 0 unspecified atom stereocenters. The van der Waals surface area contributed by atoms with Gasteiger partial charge in [-0.1, -0.05) is 19.4 Å². The van der Waals surface area contributed by atoms with Crippen LogP contribution in [0.15, 0.2) is 18.2 Å². The predicted octanol–water partition coefficient (Wildman–Crippen LogP) is 2.68. The Kier molecular flexibility index (Phi) is 4.90. The van der Waals surface area contributed by atoms with Crippen LogP contribution in [0.25, 0.3) is 0 Å². The van der Waals surface area contributed by atoms with Gasteiger partial charge in [0.25, 0.3) is 0 Å². The zero-order chi connectivity index (χ0) is 10.7. The molecule has 90 valence electrons. The third-order valence-electron chi connectivity index (χ3n) is 2.59. The van der Waals surface area contributed by atoms with Gasteiger partial charge >= 0.3 is 0 Å². The van der Waals surface area contributed by atoms with Gasteiger partial charge in [0, 0.05) is 6.04 Å². The van der Waals surface area contributed by atoms with Crippen LogP contribution in [0.1, 0.15) is 31.4 Å². The Morgan fingerprint density at radius 1 is 1.25 bits per heavy atom. The molecule has 1 aliphatic heterocycles. The van der Waals surface area contributed by atoms with Crippen LogP contribution in [0.5, 0.6) is 11.5 Å². The summed E-state index contributed by atoms with van der Waals surface area (Å²) in [6.07, 6.45) is 2.09. The molecular weight excluding hydrogens is 226 g/mol. The summed E-state index contributed by atoms with van der Waals surface area (Å²) in [5.41, 5.74) is 7.17. The van der Waals surface area contributed by atoms with Crippen LogP contribution < -0.4 is 15.2 Å². The lowest BCUT2D eigenvalue weighted by atomic mass is 10.0. The molecule has 1 heterocycles.